The van der Waals surface area contributed by atoms with Gasteiger partial charge in [0.2, 0.25) is 11.8 Å². The number of amides is 3. The van der Waals surface area contributed by atoms with Gasteiger partial charge < -0.3 is 40.0 Å². The van der Waals surface area contributed by atoms with Crippen molar-refractivity contribution in [1.82, 2.24) is 16.0 Å². The molecule has 0 aromatic heterocycles. The third kappa shape index (κ3) is 16.0. The fourth-order valence-electron chi connectivity index (χ4n) is 5.00. The number of nitrogens with one attached hydrogen (secondary N) is 3. The SMILES string of the molecule is C=CCC(CC(=O)NCCOCCO)C(=O)NC(COC(=O)C(CC=C)NC(=O)OCc1ccccc1)Cc1ccc(OCc2ccccc2)cc1. The number of hydrogen-bond acceptors (Lipinski definition) is 9. The summed E-state index contributed by atoms with van der Waals surface area (Å²) in [6, 6.07) is 24.5. The van der Waals surface area contributed by atoms with Crippen molar-refractivity contribution in [2.75, 3.05) is 33.0 Å². The number of carbonyl (C=O) groups is 4. The second-order valence-electron chi connectivity index (χ2n) is 11.9. The van der Waals surface area contributed by atoms with Crippen LogP contribution in [0, 0.1) is 5.92 Å². The zero-order chi connectivity index (χ0) is 37.4. The van der Waals surface area contributed by atoms with E-state index in [1.54, 1.807) is 6.08 Å². The van der Waals surface area contributed by atoms with E-state index in [9.17, 15) is 19.2 Å². The van der Waals surface area contributed by atoms with E-state index >= 15 is 0 Å². The second kappa shape index (κ2) is 23.9. The van der Waals surface area contributed by atoms with Gasteiger partial charge in [0, 0.05) is 13.0 Å². The van der Waals surface area contributed by atoms with Gasteiger partial charge >= 0.3 is 12.1 Å². The average molecular weight is 716 g/mol. The predicted molar refractivity (Wildman–Crippen MR) is 196 cm³/mol. The lowest BCUT2D eigenvalue weighted by atomic mass is 9.98. The molecule has 12 heteroatoms. The summed E-state index contributed by atoms with van der Waals surface area (Å²) in [5, 5.41) is 17.0. The van der Waals surface area contributed by atoms with Gasteiger partial charge in [-0.25, -0.2) is 9.59 Å². The number of alkyl carbamates (subject to hydrolysis) is 1. The van der Waals surface area contributed by atoms with E-state index in [2.05, 4.69) is 29.1 Å². The summed E-state index contributed by atoms with van der Waals surface area (Å²) in [6.45, 7) is 8.11. The minimum atomic E-state index is -1.07. The molecule has 278 valence electrons. The molecule has 0 bridgehead atoms. The first-order valence-electron chi connectivity index (χ1n) is 17.2. The molecule has 4 N–H and O–H groups in total. The Bertz CT molecular complexity index is 1530. The van der Waals surface area contributed by atoms with Crippen molar-refractivity contribution in [3.05, 3.63) is 127 Å². The van der Waals surface area contributed by atoms with Gasteiger partial charge in [0.1, 0.15) is 31.6 Å². The van der Waals surface area contributed by atoms with Crippen LogP contribution in [-0.4, -0.2) is 74.0 Å². The predicted octanol–water partition coefficient (Wildman–Crippen LogP) is 4.41. The number of allylic oxidation sites excluding steroid dienone is 1. The van der Waals surface area contributed by atoms with Gasteiger partial charge in [-0.2, -0.15) is 0 Å². The Morgan fingerprint density at radius 3 is 2.04 bits per heavy atom. The van der Waals surface area contributed by atoms with Gasteiger partial charge in [0.15, 0.2) is 0 Å². The van der Waals surface area contributed by atoms with E-state index in [1.165, 1.54) is 6.08 Å². The molecule has 3 atom stereocenters. The molecule has 0 fully saturated rings. The molecular weight excluding hydrogens is 666 g/mol. The lowest BCUT2D eigenvalue weighted by Crippen LogP contribution is -2.46. The van der Waals surface area contributed by atoms with Gasteiger partial charge in [-0.3, -0.25) is 9.59 Å². The normalized spacial score (nSPS) is 12.3. The quantitative estimate of drug-likeness (QED) is 0.0598. The second-order valence-corrected chi connectivity index (χ2v) is 11.9. The smallest absolute Gasteiger partial charge is 0.408 e. The summed E-state index contributed by atoms with van der Waals surface area (Å²) < 4.78 is 22.0. The number of aliphatic hydroxyl groups excluding tert-OH is 1. The Kier molecular flexibility index (Phi) is 18.8. The number of ether oxygens (including phenoxy) is 4. The van der Waals surface area contributed by atoms with Crippen LogP contribution in [0.2, 0.25) is 0 Å². The zero-order valence-electron chi connectivity index (χ0n) is 29.4. The Labute approximate surface area is 305 Å². The van der Waals surface area contributed by atoms with Crippen molar-refractivity contribution in [2.45, 2.75) is 51.0 Å². The lowest BCUT2D eigenvalue weighted by molar-refractivity contribution is -0.147. The molecular formula is C40H49N3O9. The van der Waals surface area contributed by atoms with Crippen LogP contribution in [-0.2, 0) is 48.2 Å². The van der Waals surface area contributed by atoms with Gasteiger partial charge in [-0.15, -0.1) is 13.2 Å². The molecule has 3 amide bonds. The molecule has 0 aliphatic heterocycles. The molecule has 0 saturated carbocycles. The topological polar surface area (TPSA) is 162 Å². The molecule has 3 aromatic carbocycles. The number of benzene rings is 3. The molecule has 3 unspecified atom stereocenters. The summed E-state index contributed by atoms with van der Waals surface area (Å²) >= 11 is 0. The van der Waals surface area contributed by atoms with Crippen LogP contribution in [0.1, 0.15) is 36.0 Å². The number of rotatable bonds is 24. The maximum Gasteiger partial charge on any atom is 0.408 e. The molecule has 0 aliphatic rings. The fraction of sp³-hybridized carbons (Fsp3) is 0.350. The lowest BCUT2D eigenvalue weighted by Gasteiger charge is -2.24. The first kappa shape index (κ1) is 41.0. The standard InChI is InChI=1S/C40H49N3O9/c1-3-11-33(26-37(45)41-21-23-49-24-22-44)38(46)42-34(25-30-17-19-35(20-18-30)50-27-31-13-7-5-8-14-31)29-51-39(47)36(12-4-2)43-40(48)52-28-32-15-9-6-10-16-32/h3-10,13-20,33-34,36,44H,1-2,11-12,21-29H2,(H,41,45)(H,42,46)(H,43,48). The molecule has 0 heterocycles. The Balaban J connectivity index is 1.66. The number of esters is 1. The molecule has 12 nitrogen and oxygen atoms in total. The molecule has 0 spiro atoms. The van der Waals surface area contributed by atoms with E-state index in [-0.39, 0.29) is 71.2 Å². The van der Waals surface area contributed by atoms with Crippen molar-refractivity contribution in [1.29, 1.82) is 0 Å². The van der Waals surface area contributed by atoms with Crippen molar-refractivity contribution in [2.24, 2.45) is 5.92 Å². The Morgan fingerprint density at radius 2 is 1.40 bits per heavy atom. The van der Waals surface area contributed by atoms with E-state index in [0.29, 0.717) is 12.4 Å². The summed E-state index contributed by atoms with van der Waals surface area (Å²) in [4.78, 5) is 51.9. The van der Waals surface area contributed by atoms with Crippen LogP contribution in [0.25, 0.3) is 0 Å². The van der Waals surface area contributed by atoms with Crippen LogP contribution in [0.5, 0.6) is 5.75 Å². The highest BCUT2D eigenvalue weighted by Gasteiger charge is 2.27. The van der Waals surface area contributed by atoms with Gasteiger partial charge in [-0.05, 0) is 48.1 Å². The van der Waals surface area contributed by atoms with E-state index in [4.69, 9.17) is 24.1 Å². The number of aliphatic hydroxyl groups is 1. The maximum absolute atomic E-state index is 13.5. The number of carbonyl (C=O) groups excluding carboxylic acids is 4. The molecule has 0 radical (unpaired) electrons. The zero-order valence-corrected chi connectivity index (χ0v) is 29.4. The van der Waals surface area contributed by atoms with Gasteiger partial charge in [0.25, 0.3) is 0 Å². The van der Waals surface area contributed by atoms with E-state index < -0.39 is 36.0 Å². The molecule has 0 saturated heterocycles. The van der Waals surface area contributed by atoms with Crippen LogP contribution >= 0.6 is 0 Å². The third-order valence-electron chi connectivity index (χ3n) is 7.68. The van der Waals surface area contributed by atoms with Crippen molar-refractivity contribution in [3.63, 3.8) is 0 Å². The molecule has 52 heavy (non-hydrogen) atoms. The third-order valence-corrected chi connectivity index (χ3v) is 7.68. The van der Waals surface area contributed by atoms with Crippen molar-refractivity contribution >= 4 is 23.9 Å². The van der Waals surface area contributed by atoms with Crippen LogP contribution in [0.15, 0.2) is 110 Å². The van der Waals surface area contributed by atoms with Crippen LogP contribution < -0.4 is 20.7 Å². The molecule has 3 rings (SSSR count). The highest BCUT2D eigenvalue weighted by atomic mass is 16.6. The van der Waals surface area contributed by atoms with Crippen molar-refractivity contribution < 1.29 is 43.2 Å². The van der Waals surface area contributed by atoms with Crippen LogP contribution in [0.3, 0.4) is 0 Å². The number of hydrogen-bond donors (Lipinski definition) is 4. The highest BCUT2D eigenvalue weighted by molar-refractivity contribution is 5.86. The van der Waals surface area contributed by atoms with E-state index in [0.717, 1.165) is 16.7 Å². The summed E-state index contributed by atoms with van der Waals surface area (Å²) in [5.74, 6) is -1.57. The van der Waals surface area contributed by atoms with Gasteiger partial charge in [-0.1, -0.05) is 84.9 Å². The minimum absolute atomic E-state index is 0.0219. The molecule has 3 aromatic rings. The van der Waals surface area contributed by atoms with E-state index in [1.807, 2.05) is 84.9 Å². The van der Waals surface area contributed by atoms with Gasteiger partial charge in [0.05, 0.1) is 31.8 Å². The van der Waals surface area contributed by atoms with Crippen molar-refractivity contribution in [3.8, 4) is 5.75 Å². The average Bonchev–Trinajstić information content (AvgIpc) is 3.16. The highest BCUT2D eigenvalue weighted by Crippen LogP contribution is 2.17. The minimum Gasteiger partial charge on any atom is -0.489 e. The summed E-state index contributed by atoms with van der Waals surface area (Å²) in [7, 11) is 0. The monoisotopic (exact) mass is 715 g/mol. The summed E-state index contributed by atoms with van der Waals surface area (Å²) in [5.41, 5.74) is 2.65. The Morgan fingerprint density at radius 1 is 0.750 bits per heavy atom. The fourth-order valence-corrected chi connectivity index (χ4v) is 5.00. The van der Waals surface area contributed by atoms with Crippen LogP contribution in [0.4, 0.5) is 4.79 Å². The largest absolute Gasteiger partial charge is 0.489 e. The maximum atomic E-state index is 13.5. The Hall–Kier alpha value is -5.46. The first-order valence-corrected chi connectivity index (χ1v) is 17.2. The summed E-state index contributed by atoms with van der Waals surface area (Å²) in [6.07, 6.45) is 2.75. The first-order chi connectivity index (χ1) is 25.3. The molecule has 0 aliphatic carbocycles.